The second-order valence-electron chi connectivity index (χ2n) is 5.07. The predicted molar refractivity (Wildman–Crippen MR) is 88.6 cm³/mol. The van der Waals surface area contributed by atoms with Crippen LogP contribution in [0, 0.1) is 11.3 Å². The SMILES string of the molecule is COc1cccc([C@H](C#N)NC(=O)CCc2ccncc2)c1OC. The molecule has 1 atom stereocenters. The van der Waals surface area contributed by atoms with E-state index in [-0.39, 0.29) is 12.3 Å². The standard InChI is InChI=1S/C18H19N3O3/c1-23-16-5-3-4-14(18(16)24-2)15(12-19)21-17(22)7-6-13-8-10-20-11-9-13/h3-5,8-11,15H,6-7H2,1-2H3,(H,21,22)/t15-/m0/s1. The van der Waals surface area contributed by atoms with E-state index in [1.165, 1.54) is 14.2 Å². The van der Waals surface area contributed by atoms with Crippen molar-refractivity contribution >= 4 is 5.91 Å². The normalized spacial score (nSPS) is 11.2. The van der Waals surface area contributed by atoms with Crippen LogP contribution in [0.5, 0.6) is 11.5 Å². The maximum atomic E-state index is 12.2. The molecule has 0 bridgehead atoms. The summed E-state index contributed by atoms with van der Waals surface area (Å²) in [6.07, 6.45) is 4.25. The maximum absolute atomic E-state index is 12.2. The molecule has 0 saturated carbocycles. The van der Waals surface area contributed by atoms with E-state index >= 15 is 0 Å². The number of nitrogens with zero attached hydrogens (tertiary/aromatic N) is 2. The third-order valence-corrected chi connectivity index (χ3v) is 3.57. The predicted octanol–water partition coefficient (Wildman–Crippen LogP) is 2.41. The van der Waals surface area contributed by atoms with Crippen LogP contribution in [0.15, 0.2) is 42.7 Å². The van der Waals surface area contributed by atoms with Crippen LogP contribution in [0.3, 0.4) is 0 Å². The first-order valence-electron chi connectivity index (χ1n) is 7.48. The third kappa shape index (κ3) is 4.23. The van der Waals surface area contributed by atoms with E-state index in [0.717, 1.165) is 5.56 Å². The van der Waals surface area contributed by atoms with Crippen LogP contribution in [-0.2, 0) is 11.2 Å². The van der Waals surface area contributed by atoms with E-state index in [1.54, 1.807) is 30.6 Å². The summed E-state index contributed by atoms with van der Waals surface area (Å²) in [4.78, 5) is 16.1. The number of hydrogen-bond acceptors (Lipinski definition) is 5. The van der Waals surface area contributed by atoms with Gasteiger partial charge in [0.15, 0.2) is 11.5 Å². The minimum absolute atomic E-state index is 0.205. The lowest BCUT2D eigenvalue weighted by molar-refractivity contribution is -0.121. The molecule has 1 aromatic heterocycles. The number of aryl methyl sites for hydroxylation is 1. The van der Waals surface area contributed by atoms with Crippen LogP contribution in [0.4, 0.5) is 0 Å². The summed E-state index contributed by atoms with van der Waals surface area (Å²) in [6, 6.07) is 10.2. The number of carbonyl (C=O) groups is 1. The molecule has 6 heteroatoms. The Morgan fingerprint density at radius 1 is 1.25 bits per heavy atom. The van der Waals surface area contributed by atoms with Gasteiger partial charge in [0, 0.05) is 24.4 Å². The molecule has 1 heterocycles. The highest BCUT2D eigenvalue weighted by molar-refractivity contribution is 5.77. The first-order chi connectivity index (χ1) is 11.7. The smallest absolute Gasteiger partial charge is 0.221 e. The first-order valence-corrected chi connectivity index (χ1v) is 7.48. The van der Waals surface area contributed by atoms with E-state index in [1.807, 2.05) is 12.1 Å². The van der Waals surface area contributed by atoms with Crippen LogP contribution in [0.25, 0.3) is 0 Å². The van der Waals surface area contributed by atoms with E-state index in [2.05, 4.69) is 16.4 Å². The van der Waals surface area contributed by atoms with Crippen molar-refractivity contribution in [1.82, 2.24) is 10.3 Å². The topological polar surface area (TPSA) is 84.2 Å². The summed E-state index contributed by atoms with van der Waals surface area (Å²) < 4.78 is 10.6. The van der Waals surface area contributed by atoms with Gasteiger partial charge in [-0.15, -0.1) is 0 Å². The highest BCUT2D eigenvalue weighted by atomic mass is 16.5. The molecule has 1 amide bonds. The monoisotopic (exact) mass is 325 g/mol. The molecule has 0 unspecified atom stereocenters. The average Bonchev–Trinajstić information content (AvgIpc) is 2.64. The van der Waals surface area contributed by atoms with Crippen molar-refractivity contribution in [3.63, 3.8) is 0 Å². The van der Waals surface area contributed by atoms with Crippen molar-refractivity contribution in [2.24, 2.45) is 0 Å². The number of rotatable bonds is 7. The van der Waals surface area contributed by atoms with Gasteiger partial charge in [-0.2, -0.15) is 5.26 Å². The molecule has 0 aliphatic heterocycles. The Morgan fingerprint density at radius 3 is 2.62 bits per heavy atom. The number of benzene rings is 1. The van der Waals surface area contributed by atoms with Gasteiger partial charge in [-0.3, -0.25) is 9.78 Å². The Hall–Kier alpha value is -3.07. The number of methoxy groups -OCH3 is 2. The molecule has 1 aromatic carbocycles. The van der Waals surface area contributed by atoms with Crippen molar-refractivity contribution in [2.75, 3.05) is 14.2 Å². The van der Waals surface area contributed by atoms with Crippen molar-refractivity contribution < 1.29 is 14.3 Å². The second-order valence-corrected chi connectivity index (χ2v) is 5.07. The number of carbonyl (C=O) groups excluding carboxylic acids is 1. The number of ether oxygens (including phenoxy) is 2. The molecule has 2 aromatic rings. The van der Waals surface area contributed by atoms with Gasteiger partial charge in [0.05, 0.1) is 20.3 Å². The van der Waals surface area contributed by atoms with E-state index < -0.39 is 6.04 Å². The summed E-state index contributed by atoms with van der Waals surface area (Å²) in [5.41, 5.74) is 1.59. The van der Waals surface area contributed by atoms with Crippen LogP contribution in [0.2, 0.25) is 0 Å². The minimum Gasteiger partial charge on any atom is -0.493 e. The molecule has 2 rings (SSSR count). The molecule has 6 nitrogen and oxygen atoms in total. The Labute approximate surface area is 141 Å². The number of aromatic nitrogens is 1. The van der Waals surface area contributed by atoms with Crippen LogP contribution < -0.4 is 14.8 Å². The summed E-state index contributed by atoms with van der Waals surface area (Å²) in [5, 5.41) is 12.2. The highest BCUT2D eigenvalue weighted by Crippen LogP contribution is 2.34. The maximum Gasteiger partial charge on any atom is 0.221 e. The number of pyridine rings is 1. The zero-order valence-corrected chi connectivity index (χ0v) is 13.7. The van der Waals surface area contributed by atoms with Gasteiger partial charge < -0.3 is 14.8 Å². The quantitative estimate of drug-likeness (QED) is 0.845. The molecule has 24 heavy (non-hydrogen) atoms. The molecular formula is C18H19N3O3. The number of para-hydroxylation sites is 1. The molecule has 0 aliphatic carbocycles. The molecule has 124 valence electrons. The Balaban J connectivity index is 2.07. The number of nitriles is 1. The van der Waals surface area contributed by atoms with Gasteiger partial charge in [0.2, 0.25) is 5.91 Å². The van der Waals surface area contributed by atoms with Gasteiger partial charge in [-0.05, 0) is 30.2 Å². The van der Waals surface area contributed by atoms with Crippen LogP contribution >= 0.6 is 0 Å². The Bertz CT molecular complexity index is 726. The van der Waals surface area contributed by atoms with E-state index in [0.29, 0.717) is 23.5 Å². The minimum atomic E-state index is -0.806. The molecule has 0 saturated heterocycles. The largest absolute Gasteiger partial charge is 0.493 e. The van der Waals surface area contributed by atoms with Crippen molar-refractivity contribution in [3.8, 4) is 17.6 Å². The molecule has 0 aliphatic rings. The number of amides is 1. The summed E-state index contributed by atoms with van der Waals surface area (Å²) in [6.45, 7) is 0. The lowest BCUT2D eigenvalue weighted by Crippen LogP contribution is -2.28. The zero-order valence-electron chi connectivity index (χ0n) is 13.7. The second kappa shape index (κ2) is 8.53. The Kier molecular flexibility index (Phi) is 6.15. The highest BCUT2D eigenvalue weighted by Gasteiger charge is 2.20. The lowest BCUT2D eigenvalue weighted by Gasteiger charge is -2.17. The summed E-state index contributed by atoms with van der Waals surface area (Å²) in [5.74, 6) is 0.755. The molecule has 0 radical (unpaired) electrons. The number of hydrogen-bond donors (Lipinski definition) is 1. The first kappa shape index (κ1) is 17.3. The fourth-order valence-electron chi connectivity index (χ4n) is 2.36. The van der Waals surface area contributed by atoms with E-state index in [4.69, 9.17) is 9.47 Å². The van der Waals surface area contributed by atoms with Gasteiger partial charge >= 0.3 is 0 Å². The average molecular weight is 325 g/mol. The van der Waals surface area contributed by atoms with Crippen LogP contribution in [-0.4, -0.2) is 25.1 Å². The van der Waals surface area contributed by atoms with Crippen LogP contribution in [0.1, 0.15) is 23.6 Å². The molecule has 0 spiro atoms. The fraction of sp³-hybridized carbons (Fsp3) is 0.278. The van der Waals surface area contributed by atoms with Crippen molar-refractivity contribution in [3.05, 3.63) is 53.9 Å². The Morgan fingerprint density at radius 2 is 2.00 bits per heavy atom. The van der Waals surface area contributed by atoms with Gasteiger partial charge in [-0.25, -0.2) is 0 Å². The third-order valence-electron chi connectivity index (χ3n) is 3.57. The molecular weight excluding hydrogens is 306 g/mol. The van der Waals surface area contributed by atoms with Crippen molar-refractivity contribution in [1.29, 1.82) is 5.26 Å². The molecule has 0 fully saturated rings. The lowest BCUT2D eigenvalue weighted by atomic mass is 10.1. The zero-order chi connectivity index (χ0) is 17.4. The number of nitrogens with one attached hydrogen (secondary N) is 1. The molecule has 1 N–H and O–H groups in total. The summed E-state index contributed by atoms with van der Waals surface area (Å²) >= 11 is 0. The van der Waals surface area contributed by atoms with Gasteiger partial charge in [0.25, 0.3) is 0 Å². The van der Waals surface area contributed by atoms with Gasteiger partial charge in [0.1, 0.15) is 6.04 Å². The van der Waals surface area contributed by atoms with E-state index in [9.17, 15) is 10.1 Å². The van der Waals surface area contributed by atoms with Crippen molar-refractivity contribution in [2.45, 2.75) is 18.9 Å². The van der Waals surface area contributed by atoms with Gasteiger partial charge in [-0.1, -0.05) is 12.1 Å². The summed E-state index contributed by atoms with van der Waals surface area (Å²) in [7, 11) is 3.03. The fourth-order valence-corrected chi connectivity index (χ4v) is 2.36.